The van der Waals surface area contributed by atoms with Crippen molar-refractivity contribution in [2.45, 2.75) is 57.5 Å². The standard InChI is InChI=1S/C31H39N3O5S/c1-5-7-20-32-31(36)29(6-2)33(22-25-16-18-27(39-4)19-17-25)30(35)23-34(26-13-11-12-24(3)21-26)40(37,38)28-14-9-8-10-15-28/h8-19,21,29H,5-7,20,22-23H2,1-4H3,(H,32,36). The predicted molar refractivity (Wildman–Crippen MR) is 158 cm³/mol. The lowest BCUT2D eigenvalue weighted by molar-refractivity contribution is -0.140. The van der Waals surface area contributed by atoms with Crippen LogP contribution in [0.25, 0.3) is 0 Å². The Balaban J connectivity index is 2.02. The molecule has 0 spiro atoms. The number of anilines is 1. The monoisotopic (exact) mass is 565 g/mol. The van der Waals surface area contributed by atoms with Gasteiger partial charge >= 0.3 is 0 Å². The molecule has 0 radical (unpaired) electrons. The maximum atomic E-state index is 14.1. The summed E-state index contributed by atoms with van der Waals surface area (Å²) in [6, 6.07) is 21.5. The van der Waals surface area contributed by atoms with Gasteiger partial charge in [-0.05, 0) is 67.3 Å². The topological polar surface area (TPSA) is 96.0 Å². The van der Waals surface area contributed by atoms with Crippen LogP contribution in [-0.2, 0) is 26.2 Å². The first-order chi connectivity index (χ1) is 19.2. The van der Waals surface area contributed by atoms with Crippen LogP contribution in [0.5, 0.6) is 5.75 Å². The molecule has 1 N–H and O–H groups in total. The summed E-state index contributed by atoms with van der Waals surface area (Å²) in [7, 11) is -2.51. The zero-order valence-electron chi connectivity index (χ0n) is 23.7. The lowest BCUT2D eigenvalue weighted by atomic mass is 10.1. The fourth-order valence-electron chi connectivity index (χ4n) is 4.38. The summed E-state index contributed by atoms with van der Waals surface area (Å²) in [6.45, 7) is 5.93. The molecule has 0 saturated carbocycles. The van der Waals surface area contributed by atoms with Crippen molar-refractivity contribution < 1.29 is 22.7 Å². The van der Waals surface area contributed by atoms with E-state index in [9.17, 15) is 18.0 Å². The number of carbonyl (C=O) groups excluding carboxylic acids is 2. The Morgan fingerprint density at radius 2 is 1.65 bits per heavy atom. The highest BCUT2D eigenvalue weighted by molar-refractivity contribution is 7.92. The third-order valence-electron chi connectivity index (χ3n) is 6.63. The molecule has 3 aromatic carbocycles. The number of rotatable bonds is 14. The Morgan fingerprint density at radius 1 is 0.950 bits per heavy atom. The second-order valence-corrected chi connectivity index (χ2v) is 11.5. The third-order valence-corrected chi connectivity index (χ3v) is 8.42. The van der Waals surface area contributed by atoms with Crippen LogP contribution in [0.1, 0.15) is 44.2 Å². The minimum atomic E-state index is -4.08. The minimum Gasteiger partial charge on any atom is -0.497 e. The summed E-state index contributed by atoms with van der Waals surface area (Å²) in [5.41, 5.74) is 2.03. The SMILES string of the molecule is CCCCNC(=O)C(CC)N(Cc1ccc(OC)cc1)C(=O)CN(c1cccc(C)c1)S(=O)(=O)c1ccccc1. The summed E-state index contributed by atoms with van der Waals surface area (Å²) in [5, 5.41) is 2.94. The number of hydrogen-bond acceptors (Lipinski definition) is 5. The molecule has 0 bridgehead atoms. The van der Waals surface area contributed by atoms with Crippen molar-refractivity contribution in [3.63, 3.8) is 0 Å². The van der Waals surface area contributed by atoms with Crippen LogP contribution in [0.4, 0.5) is 5.69 Å². The molecule has 0 saturated heterocycles. The van der Waals surface area contributed by atoms with Crippen LogP contribution >= 0.6 is 0 Å². The summed E-state index contributed by atoms with van der Waals surface area (Å²) in [4.78, 5) is 28.9. The maximum absolute atomic E-state index is 14.1. The number of aryl methyl sites for hydroxylation is 1. The molecule has 9 heteroatoms. The number of methoxy groups -OCH3 is 1. The number of hydrogen-bond donors (Lipinski definition) is 1. The molecule has 0 fully saturated rings. The lowest BCUT2D eigenvalue weighted by Gasteiger charge is -2.33. The number of nitrogens with zero attached hydrogens (tertiary/aromatic N) is 2. The van der Waals surface area contributed by atoms with E-state index in [1.54, 1.807) is 55.6 Å². The Morgan fingerprint density at radius 3 is 2.25 bits per heavy atom. The Kier molecular flexibility index (Phi) is 11.1. The van der Waals surface area contributed by atoms with Crippen LogP contribution in [0.2, 0.25) is 0 Å². The molecule has 3 rings (SSSR count). The lowest BCUT2D eigenvalue weighted by Crippen LogP contribution is -2.52. The molecule has 40 heavy (non-hydrogen) atoms. The van der Waals surface area contributed by atoms with Crippen LogP contribution in [0.15, 0.2) is 83.8 Å². The van der Waals surface area contributed by atoms with Crippen molar-refractivity contribution in [3.05, 3.63) is 90.0 Å². The molecule has 8 nitrogen and oxygen atoms in total. The first kappa shape index (κ1) is 30.7. The minimum absolute atomic E-state index is 0.0790. The fourth-order valence-corrected chi connectivity index (χ4v) is 5.81. The van der Waals surface area contributed by atoms with E-state index in [4.69, 9.17) is 4.74 Å². The van der Waals surface area contributed by atoms with Gasteiger partial charge in [-0.25, -0.2) is 8.42 Å². The Labute approximate surface area is 238 Å². The Hall–Kier alpha value is -3.85. The van der Waals surface area contributed by atoms with Gasteiger partial charge in [-0.2, -0.15) is 0 Å². The van der Waals surface area contributed by atoms with Crippen molar-refractivity contribution in [2.75, 3.05) is 24.5 Å². The summed E-state index contributed by atoms with van der Waals surface area (Å²) >= 11 is 0. The highest BCUT2D eigenvalue weighted by Gasteiger charge is 2.33. The second kappa shape index (κ2) is 14.5. The van der Waals surface area contributed by atoms with Gasteiger partial charge in [0.2, 0.25) is 11.8 Å². The number of amides is 2. The first-order valence-corrected chi connectivity index (χ1v) is 15.0. The summed E-state index contributed by atoms with van der Waals surface area (Å²) < 4.78 is 34.1. The quantitative estimate of drug-likeness (QED) is 0.280. The largest absolute Gasteiger partial charge is 0.497 e. The zero-order chi connectivity index (χ0) is 29.1. The molecule has 1 unspecified atom stereocenters. The number of sulfonamides is 1. The van der Waals surface area contributed by atoms with Crippen molar-refractivity contribution in [2.24, 2.45) is 0 Å². The summed E-state index contributed by atoms with van der Waals surface area (Å²) in [5.74, 6) is -0.0642. The van der Waals surface area contributed by atoms with Crippen LogP contribution in [0, 0.1) is 6.92 Å². The van der Waals surface area contributed by atoms with Crippen LogP contribution < -0.4 is 14.4 Å². The zero-order valence-corrected chi connectivity index (χ0v) is 24.5. The molecular weight excluding hydrogens is 526 g/mol. The van der Waals surface area contributed by atoms with E-state index in [0.29, 0.717) is 24.4 Å². The predicted octanol–water partition coefficient (Wildman–Crippen LogP) is 4.92. The Bertz CT molecular complexity index is 1360. The van der Waals surface area contributed by atoms with Gasteiger partial charge in [-0.3, -0.25) is 13.9 Å². The normalized spacial score (nSPS) is 11.9. The molecule has 1 atom stereocenters. The van der Waals surface area contributed by atoms with Crippen LogP contribution in [0.3, 0.4) is 0 Å². The van der Waals surface area contributed by atoms with E-state index >= 15 is 0 Å². The van der Waals surface area contributed by atoms with E-state index < -0.39 is 28.5 Å². The van der Waals surface area contributed by atoms with Crippen molar-refractivity contribution in [1.82, 2.24) is 10.2 Å². The fraction of sp³-hybridized carbons (Fsp3) is 0.355. The molecule has 3 aromatic rings. The molecule has 0 heterocycles. The molecule has 2 amide bonds. The highest BCUT2D eigenvalue weighted by Crippen LogP contribution is 2.26. The van der Waals surface area contributed by atoms with E-state index in [1.807, 2.05) is 39.0 Å². The smallest absolute Gasteiger partial charge is 0.264 e. The van der Waals surface area contributed by atoms with Gasteiger partial charge in [-0.15, -0.1) is 0 Å². The maximum Gasteiger partial charge on any atom is 0.264 e. The molecule has 0 aromatic heterocycles. The molecule has 214 valence electrons. The highest BCUT2D eigenvalue weighted by atomic mass is 32.2. The average Bonchev–Trinajstić information content (AvgIpc) is 2.96. The van der Waals surface area contributed by atoms with Gasteiger partial charge in [0, 0.05) is 13.1 Å². The van der Waals surface area contributed by atoms with Gasteiger partial charge in [0.05, 0.1) is 17.7 Å². The second-order valence-electron chi connectivity index (χ2n) is 9.60. The number of benzene rings is 3. The molecule has 0 aliphatic heterocycles. The first-order valence-electron chi connectivity index (χ1n) is 13.6. The number of nitrogens with one attached hydrogen (secondary N) is 1. The number of carbonyl (C=O) groups is 2. The van der Waals surface area contributed by atoms with Crippen molar-refractivity contribution >= 4 is 27.5 Å². The van der Waals surface area contributed by atoms with E-state index in [1.165, 1.54) is 17.0 Å². The van der Waals surface area contributed by atoms with Gasteiger partial charge in [0.1, 0.15) is 18.3 Å². The average molecular weight is 566 g/mol. The van der Waals surface area contributed by atoms with Crippen molar-refractivity contribution in [1.29, 1.82) is 0 Å². The van der Waals surface area contributed by atoms with Gasteiger partial charge in [0.25, 0.3) is 10.0 Å². The van der Waals surface area contributed by atoms with E-state index in [-0.39, 0.29) is 17.3 Å². The number of ether oxygens (including phenoxy) is 1. The third kappa shape index (κ3) is 7.85. The molecular formula is C31H39N3O5S. The van der Waals surface area contributed by atoms with Crippen molar-refractivity contribution in [3.8, 4) is 5.75 Å². The number of unbranched alkanes of at least 4 members (excludes halogenated alkanes) is 1. The van der Waals surface area contributed by atoms with Crippen LogP contribution in [-0.4, -0.2) is 51.4 Å². The molecule has 0 aliphatic rings. The molecule has 0 aliphatic carbocycles. The van der Waals surface area contributed by atoms with Gasteiger partial charge < -0.3 is 15.0 Å². The van der Waals surface area contributed by atoms with E-state index in [2.05, 4.69) is 5.32 Å². The summed E-state index contributed by atoms with van der Waals surface area (Å²) in [6.07, 6.45) is 2.12. The van der Waals surface area contributed by atoms with Gasteiger partial charge in [-0.1, -0.05) is 62.7 Å². The van der Waals surface area contributed by atoms with Gasteiger partial charge in [0.15, 0.2) is 0 Å². The van der Waals surface area contributed by atoms with E-state index in [0.717, 1.165) is 28.3 Å².